The maximum atomic E-state index is 5.39. The van der Waals surface area contributed by atoms with Crippen LogP contribution < -0.4 is 5.73 Å². The number of H-pyrrole nitrogens is 2. The Hall–Kier alpha value is -2.51. The molecule has 0 radical (unpaired) electrons. The van der Waals surface area contributed by atoms with Crippen molar-refractivity contribution >= 4 is 17.1 Å². The van der Waals surface area contributed by atoms with Gasteiger partial charge in [0.2, 0.25) is 5.95 Å². The van der Waals surface area contributed by atoms with Gasteiger partial charge in [-0.1, -0.05) is 0 Å². The molecule has 3 aromatic heterocycles. The van der Waals surface area contributed by atoms with Crippen molar-refractivity contribution in [3.05, 3.63) is 12.5 Å². The van der Waals surface area contributed by atoms with E-state index in [9.17, 15) is 0 Å². The van der Waals surface area contributed by atoms with Gasteiger partial charge in [0, 0.05) is 0 Å². The van der Waals surface area contributed by atoms with E-state index in [1.165, 1.54) is 6.33 Å². The summed E-state index contributed by atoms with van der Waals surface area (Å²) in [5.41, 5.74) is 6.70. The topological polar surface area (TPSA) is 122 Å². The lowest BCUT2D eigenvalue weighted by molar-refractivity contribution is 1.09. The highest BCUT2D eigenvalue weighted by molar-refractivity contribution is 5.73. The zero-order valence-electron chi connectivity index (χ0n) is 7.47. The van der Waals surface area contributed by atoms with Gasteiger partial charge in [-0.05, 0) is 0 Å². The fraction of sp³-hybridized carbons (Fsp3) is 0. The van der Waals surface area contributed by atoms with Gasteiger partial charge in [0.25, 0.3) is 0 Å². The van der Waals surface area contributed by atoms with E-state index in [1.54, 1.807) is 6.20 Å². The quantitative estimate of drug-likeness (QED) is 0.498. The number of hydrogen-bond acceptors (Lipinski definition) is 6. The van der Waals surface area contributed by atoms with Gasteiger partial charge >= 0.3 is 0 Å². The number of fused-ring (bicyclic) bond motifs is 1. The van der Waals surface area contributed by atoms with Crippen LogP contribution in [0.4, 0.5) is 5.95 Å². The minimum atomic E-state index is 0.177. The van der Waals surface area contributed by atoms with E-state index in [4.69, 9.17) is 5.73 Å². The zero-order chi connectivity index (χ0) is 10.3. The molecule has 0 aliphatic heterocycles. The number of nitrogens with one attached hydrogen (secondary N) is 2. The molecule has 0 amide bonds. The lowest BCUT2D eigenvalue weighted by Crippen LogP contribution is -1.86. The summed E-state index contributed by atoms with van der Waals surface area (Å²) in [4.78, 5) is 19.0. The second kappa shape index (κ2) is 2.74. The van der Waals surface area contributed by atoms with Crippen molar-refractivity contribution in [1.29, 1.82) is 0 Å². The summed E-state index contributed by atoms with van der Waals surface area (Å²) in [6.07, 6.45) is 3.07. The number of hydrogen-bond donors (Lipinski definition) is 3. The van der Waals surface area contributed by atoms with Crippen LogP contribution in [0.5, 0.6) is 0 Å². The summed E-state index contributed by atoms with van der Waals surface area (Å²) in [5.74, 6) is 1.19. The molecule has 0 aliphatic carbocycles. The molecule has 0 unspecified atom stereocenters. The van der Waals surface area contributed by atoms with Crippen LogP contribution in [0.1, 0.15) is 0 Å². The van der Waals surface area contributed by atoms with Gasteiger partial charge in [0.15, 0.2) is 17.3 Å². The number of nitrogen functional groups attached to an aromatic ring is 1. The van der Waals surface area contributed by atoms with Crippen molar-refractivity contribution in [3.8, 4) is 11.6 Å². The molecule has 3 aromatic rings. The SMILES string of the molecule is Nc1n[nH]c(-c2nc3ncncc3[nH]2)n1. The first kappa shape index (κ1) is 7.85. The van der Waals surface area contributed by atoms with E-state index in [2.05, 4.69) is 35.1 Å². The average Bonchev–Trinajstić information content (AvgIpc) is 2.82. The molecule has 0 aromatic carbocycles. The lowest BCUT2D eigenvalue weighted by atomic mass is 10.6. The van der Waals surface area contributed by atoms with Gasteiger partial charge in [0.1, 0.15) is 11.8 Å². The molecule has 0 bridgehead atoms. The van der Waals surface area contributed by atoms with Crippen LogP contribution in [0, 0.1) is 0 Å². The van der Waals surface area contributed by atoms with Crippen molar-refractivity contribution in [1.82, 2.24) is 35.1 Å². The summed E-state index contributed by atoms with van der Waals surface area (Å²) in [6, 6.07) is 0. The van der Waals surface area contributed by atoms with Crippen molar-refractivity contribution in [3.63, 3.8) is 0 Å². The van der Waals surface area contributed by atoms with E-state index in [0.29, 0.717) is 17.3 Å². The van der Waals surface area contributed by atoms with E-state index in [-0.39, 0.29) is 5.95 Å². The summed E-state index contributed by atoms with van der Waals surface area (Å²) in [6.45, 7) is 0. The maximum absolute atomic E-state index is 5.39. The van der Waals surface area contributed by atoms with E-state index < -0.39 is 0 Å². The van der Waals surface area contributed by atoms with Gasteiger partial charge in [-0.2, -0.15) is 4.98 Å². The zero-order valence-corrected chi connectivity index (χ0v) is 7.47. The Morgan fingerprint density at radius 2 is 2.13 bits per heavy atom. The first-order valence-electron chi connectivity index (χ1n) is 4.17. The van der Waals surface area contributed by atoms with Crippen LogP contribution in [0.2, 0.25) is 0 Å². The highest BCUT2D eigenvalue weighted by atomic mass is 15.3. The summed E-state index contributed by atoms with van der Waals surface area (Å²) in [7, 11) is 0. The minimum absolute atomic E-state index is 0.177. The predicted molar refractivity (Wildman–Crippen MR) is 51.5 cm³/mol. The second-order valence-electron chi connectivity index (χ2n) is 2.89. The van der Waals surface area contributed by atoms with Gasteiger partial charge < -0.3 is 10.7 Å². The van der Waals surface area contributed by atoms with Crippen LogP contribution in [0.15, 0.2) is 12.5 Å². The molecule has 0 spiro atoms. The second-order valence-corrected chi connectivity index (χ2v) is 2.89. The number of nitrogens with two attached hydrogens (primary N) is 1. The molecule has 3 heterocycles. The highest BCUT2D eigenvalue weighted by Crippen LogP contribution is 2.14. The summed E-state index contributed by atoms with van der Waals surface area (Å²) >= 11 is 0. The molecule has 8 heteroatoms. The Morgan fingerprint density at radius 1 is 1.20 bits per heavy atom. The van der Waals surface area contributed by atoms with Crippen molar-refractivity contribution in [2.45, 2.75) is 0 Å². The van der Waals surface area contributed by atoms with Crippen molar-refractivity contribution in [2.75, 3.05) is 5.73 Å². The number of aromatic amines is 2. The van der Waals surface area contributed by atoms with Crippen LogP contribution in [-0.2, 0) is 0 Å². The molecule has 0 saturated carbocycles. The summed E-state index contributed by atoms with van der Waals surface area (Å²) < 4.78 is 0. The Labute approximate surface area is 83.0 Å². The first-order chi connectivity index (χ1) is 7.33. The molecule has 0 fully saturated rings. The Balaban J connectivity index is 2.19. The number of nitrogens with zero attached hydrogens (tertiary/aromatic N) is 5. The highest BCUT2D eigenvalue weighted by Gasteiger charge is 2.09. The standard InChI is InChI=1S/C7H6N8/c8-7-13-6(14-15-7)5-11-3-1-9-2-10-4(3)12-5/h1-2H,(H3,8,13,14,15)(H,9,10,11,12). The van der Waals surface area contributed by atoms with Crippen molar-refractivity contribution < 1.29 is 0 Å². The van der Waals surface area contributed by atoms with Crippen LogP contribution in [-0.4, -0.2) is 35.1 Å². The van der Waals surface area contributed by atoms with E-state index >= 15 is 0 Å². The van der Waals surface area contributed by atoms with E-state index in [1.807, 2.05) is 0 Å². The van der Waals surface area contributed by atoms with Crippen LogP contribution in [0.3, 0.4) is 0 Å². The Kier molecular flexibility index (Phi) is 1.43. The van der Waals surface area contributed by atoms with Gasteiger partial charge in [0.05, 0.1) is 6.20 Å². The number of imidazole rings is 1. The third kappa shape index (κ3) is 1.19. The molecule has 8 nitrogen and oxygen atoms in total. The third-order valence-corrected chi connectivity index (χ3v) is 1.89. The molecule has 74 valence electrons. The molecule has 15 heavy (non-hydrogen) atoms. The molecule has 0 atom stereocenters. The molecular formula is C7H6N8. The lowest BCUT2D eigenvalue weighted by Gasteiger charge is -1.84. The predicted octanol–water partition coefficient (Wildman–Crippen LogP) is -0.280. The van der Waals surface area contributed by atoms with Gasteiger partial charge in [-0.3, -0.25) is 5.10 Å². The smallest absolute Gasteiger partial charge is 0.239 e. The third-order valence-electron chi connectivity index (χ3n) is 1.89. The van der Waals surface area contributed by atoms with Gasteiger partial charge in [-0.25, -0.2) is 15.0 Å². The largest absolute Gasteiger partial charge is 0.366 e. The molecule has 4 N–H and O–H groups in total. The maximum Gasteiger partial charge on any atom is 0.239 e. The normalized spacial score (nSPS) is 10.9. The first-order valence-corrected chi connectivity index (χ1v) is 4.17. The number of aromatic nitrogens is 7. The fourth-order valence-corrected chi connectivity index (χ4v) is 1.25. The van der Waals surface area contributed by atoms with Gasteiger partial charge in [-0.15, -0.1) is 5.10 Å². The average molecular weight is 202 g/mol. The fourth-order valence-electron chi connectivity index (χ4n) is 1.25. The minimum Gasteiger partial charge on any atom is -0.366 e. The molecular weight excluding hydrogens is 196 g/mol. The molecule has 0 saturated heterocycles. The van der Waals surface area contributed by atoms with Crippen LogP contribution in [0.25, 0.3) is 22.8 Å². The monoisotopic (exact) mass is 202 g/mol. The number of anilines is 1. The molecule has 0 aliphatic rings. The number of rotatable bonds is 1. The van der Waals surface area contributed by atoms with Crippen LogP contribution >= 0.6 is 0 Å². The Bertz CT molecular complexity index is 575. The van der Waals surface area contributed by atoms with Crippen molar-refractivity contribution in [2.24, 2.45) is 0 Å². The van der Waals surface area contributed by atoms with E-state index in [0.717, 1.165) is 5.52 Å². The molecule has 3 rings (SSSR count). The Morgan fingerprint density at radius 3 is 2.87 bits per heavy atom. The summed E-state index contributed by atoms with van der Waals surface area (Å²) in [5, 5.41) is 6.36.